The summed E-state index contributed by atoms with van der Waals surface area (Å²) in [5, 5.41) is 18.8. The lowest BCUT2D eigenvalue weighted by Crippen LogP contribution is -2.43. The Bertz CT molecular complexity index is 1720. The van der Waals surface area contributed by atoms with Crippen molar-refractivity contribution in [1.29, 1.82) is 0 Å². The van der Waals surface area contributed by atoms with Gasteiger partial charge in [-0.3, -0.25) is 0 Å². The molecular formula is C33H29Cl4N3O4. The van der Waals surface area contributed by atoms with Crippen LogP contribution in [0, 0.1) is 11.8 Å². The molecule has 0 bridgehead atoms. The predicted octanol–water partition coefficient (Wildman–Crippen LogP) is 7.73. The van der Waals surface area contributed by atoms with Crippen LogP contribution in [0.15, 0.2) is 59.1 Å². The van der Waals surface area contributed by atoms with Crippen molar-refractivity contribution >= 4 is 58.9 Å². The van der Waals surface area contributed by atoms with Gasteiger partial charge >= 0.3 is 5.97 Å². The molecule has 2 heterocycles. The third-order valence-corrected chi connectivity index (χ3v) is 8.46. The van der Waals surface area contributed by atoms with E-state index in [2.05, 4.69) is 27.2 Å². The Balaban J connectivity index is 0.00000384. The third-order valence-electron chi connectivity index (χ3n) is 7.52. The fraction of sp³-hybridized carbons (Fsp3) is 0.273. The smallest absolute Gasteiger partial charge is 0.335 e. The molecule has 6 rings (SSSR count). The first-order chi connectivity index (χ1) is 20.9. The minimum Gasteiger partial charge on any atom is -0.493 e. The quantitative estimate of drug-likeness (QED) is 0.185. The topological polar surface area (TPSA) is 87.8 Å². The van der Waals surface area contributed by atoms with Gasteiger partial charge in [-0.1, -0.05) is 57.9 Å². The number of carboxylic acids is 1. The maximum Gasteiger partial charge on any atom is 0.335 e. The fourth-order valence-electron chi connectivity index (χ4n) is 5.16. The Hall–Kier alpha value is -3.38. The third kappa shape index (κ3) is 7.28. The molecule has 1 aliphatic carbocycles. The molecule has 4 aromatic rings. The van der Waals surface area contributed by atoms with Crippen LogP contribution >= 0.6 is 47.2 Å². The van der Waals surface area contributed by atoms with Gasteiger partial charge in [0.05, 0.1) is 27.2 Å². The van der Waals surface area contributed by atoms with Crippen molar-refractivity contribution in [1.82, 2.24) is 10.5 Å². The maximum absolute atomic E-state index is 11.8. The molecule has 0 amide bonds. The lowest BCUT2D eigenvalue weighted by molar-refractivity contribution is 0.0697. The van der Waals surface area contributed by atoms with Crippen LogP contribution in [0.1, 0.15) is 51.6 Å². The minimum atomic E-state index is -0.989. The van der Waals surface area contributed by atoms with E-state index in [1.807, 2.05) is 12.1 Å². The fourth-order valence-corrected chi connectivity index (χ4v) is 5.95. The van der Waals surface area contributed by atoms with Crippen LogP contribution in [0.25, 0.3) is 11.3 Å². The molecule has 44 heavy (non-hydrogen) atoms. The number of halogens is 4. The van der Waals surface area contributed by atoms with Crippen molar-refractivity contribution in [2.45, 2.75) is 25.2 Å². The van der Waals surface area contributed by atoms with Crippen LogP contribution in [0.4, 0.5) is 5.69 Å². The number of ether oxygens (including phenoxy) is 1. The van der Waals surface area contributed by atoms with E-state index in [-0.39, 0.29) is 18.0 Å². The Kier molecular flexibility index (Phi) is 10.3. The molecule has 1 aromatic heterocycles. The van der Waals surface area contributed by atoms with Crippen LogP contribution in [0.3, 0.4) is 0 Å². The number of carboxylic acid groups (broad SMARTS) is 1. The number of piperazine rings is 1. The van der Waals surface area contributed by atoms with Gasteiger partial charge in [0.2, 0.25) is 0 Å². The number of nitrogens with zero attached hydrogens (tertiary/aromatic N) is 2. The van der Waals surface area contributed by atoms with Gasteiger partial charge < -0.3 is 24.6 Å². The van der Waals surface area contributed by atoms with E-state index in [1.165, 1.54) is 0 Å². The molecule has 0 atom stereocenters. The largest absolute Gasteiger partial charge is 0.493 e. The van der Waals surface area contributed by atoms with Crippen molar-refractivity contribution in [2.24, 2.45) is 0 Å². The zero-order valence-corrected chi connectivity index (χ0v) is 26.6. The van der Waals surface area contributed by atoms with E-state index in [0.717, 1.165) is 56.0 Å². The molecule has 0 radical (unpaired) electrons. The molecule has 7 nitrogen and oxygen atoms in total. The Morgan fingerprint density at radius 3 is 2.45 bits per heavy atom. The SMILES string of the molecule is Cl.O=C(O)c1cc(C#Cc2ccc(OCCc3c(-c4c(Cl)cccc4Cl)noc3C3CC3)cc2Cl)cc(N2CCNCC2)c1. The van der Waals surface area contributed by atoms with E-state index in [1.54, 1.807) is 42.5 Å². The number of hydrogen-bond donors (Lipinski definition) is 2. The molecule has 2 N–H and O–H groups in total. The maximum atomic E-state index is 11.8. The summed E-state index contributed by atoms with van der Waals surface area (Å²) < 4.78 is 11.8. The Morgan fingerprint density at radius 2 is 1.77 bits per heavy atom. The number of carbonyl (C=O) groups is 1. The molecule has 11 heteroatoms. The average molecular weight is 673 g/mol. The van der Waals surface area contributed by atoms with E-state index < -0.39 is 5.97 Å². The minimum absolute atomic E-state index is 0. The second-order valence-electron chi connectivity index (χ2n) is 10.5. The van der Waals surface area contributed by atoms with Crippen molar-refractivity contribution < 1.29 is 19.2 Å². The molecule has 0 spiro atoms. The number of aromatic carboxylic acids is 1. The summed E-state index contributed by atoms with van der Waals surface area (Å²) >= 11 is 19.5. The molecule has 228 valence electrons. The van der Waals surface area contributed by atoms with Gasteiger partial charge in [0.15, 0.2) is 0 Å². The second-order valence-corrected chi connectivity index (χ2v) is 11.8. The zero-order chi connectivity index (χ0) is 29.9. The van der Waals surface area contributed by atoms with Gasteiger partial charge in [0, 0.05) is 72.5 Å². The summed E-state index contributed by atoms with van der Waals surface area (Å²) in [6, 6.07) is 15.9. The number of nitrogens with one attached hydrogen (secondary N) is 1. The zero-order valence-electron chi connectivity index (χ0n) is 23.5. The number of rotatable bonds is 8. The van der Waals surface area contributed by atoms with Gasteiger partial charge in [0.25, 0.3) is 0 Å². The van der Waals surface area contributed by atoms with Crippen LogP contribution in [0.2, 0.25) is 15.1 Å². The van der Waals surface area contributed by atoms with Crippen molar-refractivity contribution in [3.8, 4) is 28.8 Å². The summed E-state index contributed by atoms with van der Waals surface area (Å²) in [7, 11) is 0. The predicted molar refractivity (Wildman–Crippen MR) is 176 cm³/mol. The first-order valence-electron chi connectivity index (χ1n) is 14.1. The summed E-state index contributed by atoms with van der Waals surface area (Å²) in [5.74, 6) is 7.01. The molecule has 0 unspecified atom stereocenters. The molecule has 2 fully saturated rings. The second kappa shape index (κ2) is 14.2. The summed E-state index contributed by atoms with van der Waals surface area (Å²) in [4.78, 5) is 13.9. The first kappa shape index (κ1) is 32.0. The number of hydrogen-bond acceptors (Lipinski definition) is 6. The standard InChI is InChI=1S/C33H28Cl3N3O4.ClH/c34-27-2-1-3-28(35)30(27)31-26(32(43-38-31)22-6-7-22)10-15-42-25-9-8-21(29(36)19-25)5-4-20-16-23(33(40)41)18-24(17-20)39-13-11-37-12-14-39;/h1-3,8-9,16-19,22,37H,6-7,10-15H2,(H,40,41);1H. The van der Waals surface area contributed by atoms with Crippen molar-refractivity contribution in [3.05, 3.63) is 97.7 Å². The van der Waals surface area contributed by atoms with E-state index >= 15 is 0 Å². The summed E-state index contributed by atoms with van der Waals surface area (Å²) in [5.41, 5.74) is 4.54. The van der Waals surface area contributed by atoms with Crippen LogP contribution in [-0.4, -0.2) is 49.0 Å². The molecular weight excluding hydrogens is 644 g/mol. The number of aromatic nitrogens is 1. The van der Waals surface area contributed by atoms with E-state index in [4.69, 9.17) is 44.1 Å². The van der Waals surface area contributed by atoms with Gasteiger partial charge in [-0.25, -0.2) is 4.79 Å². The highest BCUT2D eigenvalue weighted by Crippen LogP contribution is 2.46. The molecule has 2 aliphatic rings. The van der Waals surface area contributed by atoms with Gasteiger partial charge in [-0.2, -0.15) is 0 Å². The van der Waals surface area contributed by atoms with Crippen molar-refractivity contribution in [3.63, 3.8) is 0 Å². The van der Waals surface area contributed by atoms with Gasteiger partial charge in [0.1, 0.15) is 17.2 Å². The van der Waals surface area contributed by atoms with E-state index in [9.17, 15) is 9.90 Å². The average Bonchev–Trinajstić information content (AvgIpc) is 3.77. The lowest BCUT2D eigenvalue weighted by Gasteiger charge is -2.29. The Labute approximate surface area is 276 Å². The molecule has 3 aromatic carbocycles. The van der Waals surface area contributed by atoms with E-state index in [0.29, 0.717) is 62.1 Å². The first-order valence-corrected chi connectivity index (χ1v) is 15.2. The van der Waals surface area contributed by atoms with Gasteiger partial charge in [-0.05, 0) is 55.3 Å². The normalized spacial score (nSPS) is 14.4. The Morgan fingerprint density at radius 1 is 1.02 bits per heavy atom. The molecule has 1 saturated heterocycles. The highest BCUT2D eigenvalue weighted by atomic mass is 35.5. The van der Waals surface area contributed by atoms with Crippen molar-refractivity contribution in [2.75, 3.05) is 37.7 Å². The summed E-state index contributed by atoms with van der Waals surface area (Å²) in [6.45, 7) is 3.67. The molecule has 1 saturated carbocycles. The van der Waals surface area contributed by atoms with Gasteiger partial charge in [-0.15, -0.1) is 12.4 Å². The number of anilines is 1. The van der Waals surface area contributed by atoms with Crippen LogP contribution in [0.5, 0.6) is 5.75 Å². The molecule has 1 aliphatic heterocycles. The van der Waals surface area contributed by atoms with Crippen LogP contribution < -0.4 is 15.0 Å². The highest BCUT2D eigenvalue weighted by molar-refractivity contribution is 6.39. The lowest BCUT2D eigenvalue weighted by atomic mass is 10.0. The highest BCUT2D eigenvalue weighted by Gasteiger charge is 2.33. The van der Waals surface area contributed by atoms with Crippen LogP contribution in [-0.2, 0) is 6.42 Å². The number of benzene rings is 3. The summed E-state index contributed by atoms with van der Waals surface area (Å²) in [6.07, 6.45) is 2.68. The monoisotopic (exact) mass is 671 g/mol.